The average Bonchev–Trinajstić information content (AvgIpc) is 2.45. The largest absolute Gasteiger partial charge is 0.338 e. The van der Waals surface area contributed by atoms with Gasteiger partial charge in [-0.05, 0) is 40.8 Å². The second kappa shape index (κ2) is 3.70. The highest BCUT2D eigenvalue weighted by atomic mass is 127. The summed E-state index contributed by atoms with van der Waals surface area (Å²) in [6.45, 7) is 0. The van der Waals surface area contributed by atoms with Crippen molar-refractivity contribution in [3.05, 3.63) is 27.6 Å². The summed E-state index contributed by atoms with van der Waals surface area (Å²) in [4.78, 5) is 7.13. The van der Waals surface area contributed by atoms with E-state index in [-0.39, 0.29) is 0 Å². The van der Waals surface area contributed by atoms with Gasteiger partial charge < -0.3 is 4.98 Å². The van der Waals surface area contributed by atoms with E-state index >= 15 is 0 Å². The molecule has 0 radical (unpaired) electrons. The van der Waals surface area contributed by atoms with E-state index in [0.717, 1.165) is 14.6 Å². The van der Waals surface area contributed by atoms with Gasteiger partial charge in [-0.15, -0.1) is 0 Å². The molecule has 0 saturated heterocycles. The van der Waals surface area contributed by atoms with Gasteiger partial charge in [-0.2, -0.15) is 0 Å². The Bertz CT molecular complexity index is 475. The van der Waals surface area contributed by atoms with Gasteiger partial charge in [0.1, 0.15) is 0 Å². The zero-order valence-electron chi connectivity index (χ0n) is 6.69. The van der Waals surface area contributed by atoms with Crippen molar-refractivity contribution < 1.29 is 0 Å². The van der Waals surface area contributed by atoms with Gasteiger partial charge in [-0.25, -0.2) is 4.98 Å². The summed E-state index contributed by atoms with van der Waals surface area (Å²) in [5.74, 6) is 0.347. The fourth-order valence-electron chi connectivity index (χ4n) is 1.12. The number of fused-ring (bicyclic) bond motifs is 1. The van der Waals surface area contributed by atoms with Gasteiger partial charge in [0.2, 0.25) is 3.79 Å². The summed E-state index contributed by atoms with van der Waals surface area (Å²) < 4.78 is -0.389. The third-order valence-corrected chi connectivity index (χ3v) is 2.92. The maximum atomic E-state index is 5.71. The highest BCUT2D eigenvalue weighted by Crippen LogP contribution is 2.37. The molecule has 2 rings (SSSR count). The lowest BCUT2D eigenvalue weighted by atomic mass is 10.3. The van der Waals surface area contributed by atoms with Crippen LogP contribution >= 0.6 is 57.4 Å². The normalized spacial score (nSPS) is 12.3. The van der Waals surface area contributed by atoms with Crippen LogP contribution in [0.2, 0.25) is 0 Å². The molecular weight excluding hydrogens is 357 g/mol. The molecule has 0 aliphatic heterocycles. The van der Waals surface area contributed by atoms with E-state index in [1.165, 1.54) is 0 Å². The molecule has 0 amide bonds. The molecule has 1 aromatic carbocycles. The predicted molar refractivity (Wildman–Crippen MR) is 68.0 cm³/mol. The highest BCUT2D eigenvalue weighted by Gasteiger charge is 2.26. The van der Waals surface area contributed by atoms with E-state index < -0.39 is 3.79 Å². The highest BCUT2D eigenvalue weighted by molar-refractivity contribution is 14.1. The fraction of sp³-hybridized carbons (Fsp3) is 0.125. The Morgan fingerprint density at radius 2 is 2.00 bits per heavy atom. The van der Waals surface area contributed by atoms with Crippen molar-refractivity contribution >= 4 is 68.4 Å². The zero-order chi connectivity index (χ0) is 10.3. The Hall–Kier alpha value is 0.290. The SMILES string of the molecule is ClC(Cl)(Cl)c1nc2ccc(I)cc2[nH]1. The van der Waals surface area contributed by atoms with Gasteiger partial charge in [-0.3, -0.25) is 0 Å². The summed E-state index contributed by atoms with van der Waals surface area (Å²) in [5, 5.41) is 0. The number of rotatable bonds is 0. The smallest absolute Gasteiger partial charge is 0.248 e. The van der Waals surface area contributed by atoms with Gasteiger partial charge in [0, 0.05) is 3.57 Å². The first kappa shape index (κ1) is 10.8. The number of halogens is 4. The number of H-pyrrole nitrogens is 1. The van der Waals surface area contributed by atoms with E-state index in [9.17, 15) is 0 Å². The molecule has 1 aromatic heterocycles. The Morgan fingerprint density at radius 3 is 2.64 bits per heavy atom. The zero-order valence-corrected chi connectivity index (χ0v) is 11.1. The summed E-state index contributed by atoms with van der Waals surface area (Å²) in [6.07, 6.45) is 0. The van der Waals surface area contributed by atoms with Crippen molar-refractivity contribution in [1.82, 2.24) is 9.97 Å². The molecule has 0 aliphatic carbocycles. The number of hydrogen-bond acceptors (Lipinski definition) is 1. The molecule has 6 heteroatoms. The standard InChI is InChI=1S/C8H4Cl3IN2/c9-8(10,11)7-13-5-2-1-4(12)3-6(5)14-7/h1-3H,(H,13,14). The average molecular weight is 361 g/mol. The molecule has 0 spiro atoms. The van der Waals surface area contributed by atoms with Gasteiger partial charge in [0.05, 0.1) is 11.0 Å². The second-order valence-corrected chi connectivity index (χ2v) is 6.27. The molecule has 74 valence electrons. The molecule has 1 heterocycles. The number of benzene rings is 1. The Morgan fingerprint density at radius 1 is 1.29 bits per heavy atom. The lowest BCUT2D eigenvalue weighted by Gasteiger charge is -2.04. The van der Waals surface area contributed by atoms with E-state index in [1.807, 2.05) is 18.2 Å². The third kappa shape index (κ3) is 2.10. The first-order valence-corrected chi connectivity index (χ1v) is 5.90. The second-order valence-electron chi connectivity index (χ2n) is 2.74. The summed E-state index contributed by atoms with van der Waals surface area (Å²) in [7, 11) is 0. The van der Waals surface area contributed by atoms with E-state index in [1.54, 1.807) is 0 Å². The number of nitrogens with one attached hydrogen (secondary N) is 1. The molecule has 0 saturated carbocycles. The minimum Gasteiger partial charge on any atom is -0.338 e. The van der Waals surface area contributed by atoms with E-state index in [4.69, 9.17) is 34.8 Å². The molecule has 2 nitrogen and oxygen atoms in total. The monoisotopic (exact) mass is 360 g/mol. The molecule has 0 atom stereocenters. The van der Waals surface area contributed by atoms with Crippen molar-refractivity contribution in [2.24, 2.45) is 0 Å². The van der Waals surface area contributed by atoms with Gasteiger partial charge >= 0.3 is 0 Å². The number of aromatic amines is 1. The topological polar surface area (TPSA) is 28.7 Å². The molecule has 0 unspecified atom stereocenters. The quantitative estimate of drug-likeness (QED) is 0.558. The lowest BCUT2D eigenvalue weighted by Crippen LogP contribution is -2.01. The van der Waals surface area contributed by atoms with Crippen LogP contribution < -0.4 is 0 Å². The van der Waals surface area contributed by atoms with Crippen LogP contribution in [-0.4, -0.2) is 9.97 Å². The molecule has 0 fully saturated rings. The van der Waals surface area contributed by atoms with Gasteiger partial charge in [0.25, 0.3) is 0 Å². The van der Waals surface area contributed by atoms with Crippen LogP contribution in [0.5, 0.6) is 0 Å². The molecular formula is C8H4Cl3IN2. The molecule has 14 heavy (non-hydrogen) atoms. The summed E-state index contributed by atoms with van der Waals surface area (Å²) >= 11 is 19.3. The van der Waals surface area contributed by atoms with Crippen molar-refractivity contribution in [1.29, 1.82) is 0 Å². The van der Waals surface area contributed by atoms with Crippen LogP contribution in [-0.2, 0) is 3.79 Å². The van der Waals surface area contributed by atoms with Crippen molar-refractivity contribution in [2.75, 3.05) is 0 Å². The number of imidazole rings is 1. The maximum Gasteiger partial charge on any atom is 0.248 e. The third-order valence-electron chi connectivity index (χ3n) is 1.71. The maximum absolute atomic E-state index is 5.71. The minimum absolute atomic E-state index is 0.347. The van der Waals surface area contributed by atoms with Crippen molar-refractivity contribution in [3.63, 3.8) is 0 Å². The number of alkyl halides is 3. The van der Waals surface area contributed by atoms with E-state index in [2.05, 4.69) is 32.6 Å². The lowest BCUT2D eigenvalue weighted by molar-refractivity contribution is 1.05. The summed E-state index contributed by atoms with van der Waals surface area (Å²) in [5.41, 5.74) is 1.67. The Kier molecular flexibility index (Phi) is 2.85. The number of aromatic nitrogens is 2. The van der Waals surface area contributed by atoms with Crippen LogP contribution in [0.25, 0.3) is 11.0 Å². The fourth-order valence-corrected chi connectivity index (χ4v) is 1.88. The van der Waals surface area contributed by atoms with Crippen LogP contribution in [0.3, 0.4) is 0 Å². The first-order chi connectivity index (χ1) is 6.47. The Balaban J connectivity index is 2.63. The van der Waals surface area contributed by atoms with E-state index in [0.29, 0.717) is 5.82 Å². The van der Waals surface area contributed by atoms with Crippen LogP contribution in [0, 0.1) is 3.57 Å². The molecule has 2 aromatic rings. The van der Waals surface area contributed by atoms with Crippen molar-refractivity contribution in [3.8, 4) is 0 Å². The molecule has 0 bridgehead atoms. The van der Waals surface area contributed by atoms with Gasteiger partial charge in [0.15, 0.2) is 5.82 Å². The first-order valence-electron chi connectivity index (χ1n) is 3.69. The predicted octanol–water partition coefficient (Wildman–Crippen LogP) is 3.99. The van der Waals surface area contributed by atoms with Crippen LogP contribution in [0.1, 0.15) is 5.82 Å². The van der Waals surface area contributed by atoms with Crippen LogP contribution in [0.4, 0.5) is 0 Å². The molecule has 0 aliphatic rings. The number of hydrogen-bond donors (Lipinski definition) is 1. The Labute approximate surface area is 109 Å². The minimum atomic E-state index is -1.50. The van der Waals surface area contributed by atoms with Crippen LogP contribution in [0.15, 0.2) is 18.2 Å². The molecule has 1 N–H and O–H groups in total. The number of nitrogens with zero attached hydrogens (tertiary/aromatic N) is 1. The van der Waals surface area contributed by atoms with Gasteiger partial charge in [-0.1, -0.05) is 34.8 Å². The van der Waals surface area contributed by atoms with Crippen molar-refractivity contribution in [2.45, 2.75) is 3.79 Å². The summed E-state index contributed by atoms with van der Waals surface area (Å²) in [6, 6.07) is 5.78.